The first-order chi connectivity index (χ1) is 13.4. The van der Waals surface area contributed by atoms with Gasteiger partial charge in [0.25, 0.3) is 5.91 Å². The van der Waals surface area contributed by atoms with Gasteiger partial charge in [-0.05, 0) is 56.0 Å². The highest BCUT2D eigenvalue weighted by molar-refractivity contribution is 7.89. The summed E-state index contributed by atoms with van der Waals surface area (Å²) in [4.78, 5) is 15.0. The highest BCUT2D eigenvalue weighted by Gasteiger charge is 2.33. The molecule has 0 saturated carbocycles. The van der Waals surface area contributed by atoms with Crippen molar-refractivity contribution in [2.75, 3.05) is 18.0 Å². The van der Waals surface area contributed by atoms with E-state index in [1.54, 1.807) is 11.0 Å². The average Bonchev–Trinajstić information content (AvgIpc) is 3.04. The van der Waals surface area contributed by atoms with Crippen molar-refractivity contribution in [2.45, 2.75) is 43.5 Å². The lowest BCUT2D eigenvalue weighted by Gasteiger charge is -2.27. The molecule has 1 fully saturated rings. The molecule has 0 spiro atoms. The summed E-state index contributed by atoms with van der Waals surface area (Å²) in [5.41, 5.74) is 2.34. The maximum atomic E-state index is 13.3. The number of para-hydroxylation sites is 1. The van der Waals surface area contributed by atoms with Crippen LogP contribution in [0.1, 0.15) is 42.1 Å². The van der Waals surface area contributed by atoms with E-state index in [2.05, 4.69) is 0 Å². The first-order valence-electron chi connectivity index (χ1n) is 9.61. The number of sulfonamides is 1. The lowest BCUT2D eigenvalue weighted by atomic mass is 10.1. The smallest absolute Gasteiger partial charge is 0.258 e. The molecular formula is C21H23ClN2O3S. The zero-order valence-electron chi connectivity index (χ0n) is 15.8. The van der Waals surface area contributed by atoms with Crippen molar-refractivity contribution < 1.29 is 13.2 Å². The van der Waals surface area contributed by atoms with Crippen LogP contribution in [0.25, 0.3) is 0 Å². The van der Waals surface area contributed by atoms with Crippen LogP contribution in [0.5, 0.6) is 0 Å². The standard InChI is InChI=1S/C21H23ClN2O3S/c1-15-13-16-7-3-4-8-19(16)24(15)21(25)17-9-10-18(22)20(14-17)28(26,27)23-11-5-2-6-12-23/h3-4,7-10,14-15H,2,5-6,11-13H2,1H3. The number of rotatable bonds is 3. The quantitative estimate of drug-likeness (QED) is 0.753. The van der Waals surface area contributed by atoms with Gasteiger partial charge in [-0.3, -0.25) is 4.79 Å². The van der Waals surface area contributed by atoms with Gasteiger partial charge in [-0.25, -0.2) is 8.42 Å². The Bertz CT molecular complexity index is 1020. The van der Waals surface area contributed by atoms with Crippen molar-refractivity contribution in [1.29, 1.82) is 0 Å². The van der Waals surface area contributed by atoms with Gasteiger partial charge in [0.1, 0.15) is 4.90 Å². The monoisotopic (exact) mass is 418 g/mol. The van der Waals surface area contributed by atoms with Crippen LogP contribution in [0, 0.1) is 0 Å². The molecule has 148 valence electrons. The Morgan fingerprint density at radius 3 is 2.54 bits per heavy atom. The van der Waals surface area contributed by atoms with E-state index in [4.69, 9.17) is 11.6 Å². The summed E-state index contributed by atoms with van der Waals surface area (Å²) in [5.74, 6) is -0.204. The zero-order valence-corrected chi connectivity index (χ0v) is 17.3. The van der Waals surface area contributed by atoms with Crippen LogP contribution >= 0.6 is 11.6 Å². The molecule has 0 aliphatic carbocycles. The van der Waals surface area contributed by atoms with E-state index >= 15 is 0 Å². The molecule has 7 heteroatoms. The first-order valence-corrected chi connectivity index (χ1v) is 11.4. The van der Waals surface area contributed by atoms with Gasteiger partial charge in [0.05, 0.1) is 5.02 Å². The summed E-state index contributed by atoms with van der Waals surface area (Å²) < 4.78 is 27.6. The summed E-state index contributed by atoms with van der Waals surface area (Å²) in [5, 5.41) is 0.150. The van der Waals surface area contributed by atoms with E-state index in [1.807, 2.05) is 31.2 Å². The van der Waals surface area contributed by atoms with Crippen molar-refractivity contribution >= 4 is 33.2 Å². The third kappa shape index (κ3) is 3.34. The van der Waals surface area contributed by atoms with Crippen molar-refractivity contribution in [3.05, 3.63) is 58.6 Å². The number of anilines is 1. The van der Waals surface area contributed by atoms with E-state index in [9.17, 15) is 13.2 Å². The number of fused-ring (bicyclic) bond motifs is 1. The molecule has 2 aliphatic heterocycles. The highest BCUT2D eigenvalue weighted by atomic mass is 35.5. The Labute approximate surface area is 171 Å². The second-order valence-corrected chi connectivity index (χ2v) is 9.78. The predicted octanol–water partition coefficient (Wildman–Crippen LogP) is 4.11. The summed E-state index contributed by atoms with van der Waals surface area (Å²) in [6, 6.07) is 12.4. The Kier molecular flexibility index (Phi) is 5.21. The number of carbonyl (C=O) groups excluding carboxylic acids is 1. The predicted molar refractivity (Wildman–Crippen MR) is 110 cm³/mol. The summed E-state index contributed by atoms with van der Waals surface area (Å²) >= 11 is 6.24. The number of piperidine rings is 1. The number of hydrogen-bond donors (Lipinski definition) is 0. The van der Waals surface area contributed by atoms with Crippen LogP contribution in [0.2, 0.25) is 5.02 Å². The number of amides is 1. The van der Waals surface area contributed by atoms with Gasteiger partial charge in [0.2, 0.25) is 10.0 Å². The molecule has 5 nitrogen and oxygen atoms in total. The molecule has 2 aromatic rings. The molecule has 2 aromatic carbocycles. The molecule has 2 heterocycles. The average molecular weight is 419 g/mol. The van der Waals surface area contributed by atoms with Crippen molar-refractivity contribution in [1.82, 2.24) is 4.31 Å². The molecule has 1 atom stereocenters. The Balaban J connectivity index is 1.70. The second-order valence-electron chi connectivity index (χ2n) is 7.47. The Morgan fingerprint density at radius 1 is 1.07 bits per heavy atom. The summed E-state index contributed by atoms with van der Waals surface area (Å²) in [6.45, 7) is 2.99. The van der Waals surface area contributed by atoms with Gasteiger partial charge in [0, 0.05) is 30.4 Å². The van der Waals surface area contributed by atoms with Gasteiger partial charge in [0.15, 0.2) is 0 Å². The lowest BCUT2D eigenvalue weighted by molar-refractivity contribution is 0.0981. The SMILES string of the molecule is CC1Cc2ccccc2N1C(=O)c1ccc(Cl)c(S(=O)(=O)N2CCCCC2)c1. The molecule has 1 amide bonds. The van der Waals surface area contributed by atoms with E-state index in [1.165, 1.54) is 16.4 Å². The fraction of sp³-hybridized carbons (Fsp3) is 0.381. The van der Waals surface area contributed by atoms with Crippen LogP contribution in [0.3, 0.4) is 0 Å². The molecule has 0 aromatic heterocycles. The Morgan fingerprint density at radius 2 is 1.79 bits per heavy atom. The van der Waals surface area contributed by atoms with Crippen LogP contribution < -0.4 is 4.90 Å². The fourth-order valence-corrected chi connectivity index (χ4v) is 6.11. The number of halogens is 1. The first kappa shape index (κ1) is 19.4. The van der Waals surface area contributed by atoms with Gasteiger partial charge >= 0.3 is 0 Å². The number of nitrogens with zero attached hydrogens (tertiary/aromatic N) is 2. The van der Waals surface area contributed by atoms with Gasteiger partial charge in [-0.15, -0.1) is 0 Å². The van der Waals surface area contributed by atoms with Crippen molar-refractivity contribution in [3.8, 4) is 0 Å². The molecule has 1 unspecified atom stereocenters. The fourth-order valence-electron chi connectivity index (χ4n) is 4.09. The minimum Gasteiger partial charge on any atom is -0.305 e. The van der Waals surface area contributed by atoms with Gasteiger partial charge < -0.3 is 4.90 Å². The van der Waals surface area contributed by atoms with E-state index in [0.29, 0.717) is 18.7 Å². The van der Waals surface area contributed by atoms with Crippen molar-refractivity contribution in [3.63, 3.8) is 0 Å². The van der Waals surface area contributed by atoms with Crippen LogP contribution in [-0.2, 0) is 16.4 Å². The topological polar surface area (TPSA) is 57.7 Å². The molecule has 2 aliphatic rings. The third-order valence-corrected chi connectivity index (χ3v) is 7.92. The highest BCUT2D eigenvalue weighted by Crippen LogP contribution is 2.34. The maximum Gasteiger partial charge on any atom is 0.258 e. The minimum absolute atomic E-state index is 0.0158. The summed E-state index contributed by atoms with van der Waals surface area (Å²) in [6.07, 6.45) is 3.51. The Hall–Kier alpha value is -1.89. The van der Waals surface area contributed by atoms with Crippen molar-refractivity contribution in [2.24, 2.45) is 0 Å². The largest absolute Gasteiger partial charge is 0.305 e. The normalized spacial score (nSPS) is 20.2. The van der Waals surface area contributed by atoms with Crippen LogP contribution in [0.4, 0.5) is 5.69 Å². The molecule has 0 N–H and O–H groups in total. The zero-order chi connectivity index (χ0) is 19.9. The molecule has 1 saturated heterocycles. The van der Waals surface area contributed by atoms with Gasteiger partial charge in [-0.2, -0.15) is 4.31 Å². The number of carbonyl (C=O) groups is 1. The molecule has 0 radical (unpaired) electrons. The summed E-state index contributed by atoms with van der Waals surface area (Å²) in [7, 11) is -3.72. The molecule has 28 heavy (non-hydrogen) atoms. The van der Waals surface area contributed by atoms with Crippen LogP contribution in [0.15, 0.2) is 47.4 Å². The van der Waals surface area contributed by atoms with E-state index in [-0.39, 0.29) is 21.9 Å². The third-order valence-electron chi connectivity index (χ3n) is 5.54. The number of benzene rings is 2. The molecular weight excluding hydrogens is 396 g/mol. The minimum atomic E-state index is -3.72. The van der Waals surface area contributed by atoms with Gasteiger partial charge in [-0.1, -0.05) is 36.2 Å². The van der Waals surface area contributed by atoms with E-state index < -0.39 is 10.0 Å². The van der Waals surface area contributed by atoms with E-state index in [0.717, 1.165) is 36.9 Å². The number of hydrogen-bond acceptors (Lipinski definition) is 3. The lowest BCUT2D eigenvalue weighted by Crippen LogP contribution is -2.37. The maximum absolute atomic E-state index is 13.3. The molecule has 0 bridgehead atoms. The molecule has 4 rings (SSSR count). The second kappa shape index (κ2) is 7.50. The van der Waals surface area contributed by atoms with Crippen LogP contribution in [-0.4, -0.2) is 37.8 Å².